The molecule has 0 aliphatic heterocycles. The van der Waals surface area contributed by atoms with Crippen molar-refractivity contribution in [1.29, 1.82) is 0 Å². The second kappa shape index (κ2) is 6.79. The topological polar surface area (TPSA) is 41.1 Å². The van der Waals surface area contributed by atoms with E-state index in [1.165, 1.54) is 0 Å². The molecule has 1 aromatic carbocycles. The van der Waals surface area contributed by atoms with Crippen LogP contribution in [0, 0.1) is 0 Å². The standard InChI is InChI=1S/C12H16N2O/c1-2-8-13-10-12(15)14-9-11-6-4-3-5-7-11/h2-7,13H,1,8-10H2,(H,14,15). The number of benzene rings is 1. The summed E-state index contributed by atoms with van der Waals surface area (Å²) in [7, 11) is 0. The molecule has 0 unspecified atom stereocenters. The summed E-state index contributed by atoms with van der Waals surface area (Å²) in [6, 6.07) is 9.83. The van der Waals surface area contributed by atoms with Crippen LogP contribution in [-0.4, -0.2) is 19.0 Å². The van der Waals surface area contributed by atoms with Gasteiger partial charge in [0.1, 0.15) is 0 Å². The van der Waals surface area contributed by atoms with Gasteiger partial charge in [0.05, 0.1) is 6.54 Å². The zero-order chi connectivity index (χ0) is 10.9. The summed E-state index contributed by atoms with van der Waals surface area (Å²) in [5.74, 6) is 0.000651. The average molecular weight is 204 g/mol. The highest BCUT2D eigenvalue weighted by atomic mass is 16.1. The van der Waals surface area contributed by atoms with Crippen molar-refractivity contribution in [2.24, 2.45) is 0 Å². The number of hydrogen-bond donors (Lipinski definition) is 2. The molecule has 0 spiro atoms. The van der Waals surface area contributed by atoms with E-state index in [2.05, 4.69) is 17.2 Å². The highest BCUT2D eigenvalue weighted by molar-refractivity contribution is 5.77. The van der Waals surface area contributed by atoms with Crippen LogP contribution in [0.1, 0.15) is 5.56 Å². The van der Waals surface area contributed by atoms with Crippen molar-refractivity contribution in [2.75, 3.05) is 13.1 Å². The molecule has 0 aliphatic rings. The minimum absolute atomic E-state index is 0.000651. The monoisotopic (exact) mass is 204 g/mol. The van der Waals surface area contributed by atoms with Crippen molar-refractivity contribution < 1.29 is 4.79 Å². The third kappa shape index (κ3) is 4.98. The number of rotatable bonds is 6. The van der Waals surface area contributed by atoms with E-state index in [0.29, 0.717) is 19.6 Å². The van der Waals surface area contributed by atoms with E-state index in [0.717, 1.165) is 5.56 Å². The Morgan fingerprint density at radius 2 is 2.07 bits per heavy atom. The van der Waals surface area contributed by atoms with Crippen LogP contribution in [0.15, 0.2) is 43.0 Å². The minimum atomic E-state index is 0.000651. The number of hydrogen-bond acceptors (Lipinski definition) is 2. The molecular weight excluding hydrogens is 188 g/mol. The largest absolute Gasteiger partial charge is 0.351 e. The van der Waals surface area contributed by atoms with Crippen molar-refractivity contribution >= 4 is 5.91 Å². The molecule has 0 radical (unpaired) electrons. The second-order valence-corrected chi connectivity index (χ2v) is 3.18. The van der Waals surface area contributed by atoms with Crippen LogP contribution in [-0.2, 0) is 11.3 Å². The number of amides is 1. The third-order valence-electron chi connectivity index (χ3n) is 1.91. The second-order valence-electron chi connectivity index (χ2n) is 3.18. The minimum Gasteiger partial charge on any atom is -0.351 e. The molecule has 15 heavy (non-hydrogen) atoms. The smallest absolute Gasteiger partial charge is 0.234 e. The molecule has 0 aromatic heterocycles. The maximum atomic E-state index is 11.3. The Morgan fingerprint density at radius 3 is 2.73 bits per heavy atom. The van der Waals surface area contributed by atoms with E-state index >= 15 is 0 Å². The third-order valence-corrected chi connectivity index (χ3v) is 1.91. The van der Waals surface area contributed by atoms with Gasteiger partial charge < -0.3 is 10.6 Å². The van der Waals surface area contributed by atoms with Gasteiger partial charge in [-0.3, -0.25) is 4.79 Å². The Kier molecular flexibility index (Phi) is 5.19. The molecular formula is C12H16N2O. The van der Waals surface area contributed by atoms with Gasteiger partial charge in [-0.05, 0) is 5.56 Å². The van der Waals surface area contributed by atoms with Crippen LogP contribution in [0.5, 0.6) is 0 Å². The summed E-state index contributed by atoms with van der Waals surface area (Å²) in [5.41, 5.74) is 1.11. The number of carbonyl (C=O) groups is 1. The number of nitrogens with one attached hydrogen (secondary N) is 2. The van der Waals surface area contributed by atoms with E-state index in [9.17, 15) is 4.79 Å². The van der Waals surface area contributed by atoms with Crippen LogP contribution in [0.2, 0.25) is 0 Å². The molecule has 0 fully saturated rings. The first-order valence-corrected chi connectivity index (χ1v) is 4.95. The quantitative estimate of drug-likeness (QED) is 0.538. The Bertz CT molecular complexity index is 309. The van der Waals surface area contributed by atoms with Gasteiger partial charge in [-0.2, -0.15) is 0 Å². The van der Waals surface area contributed by atoms with Crippen LogP contribution >= 0.6 is 0 Å². The SMILES string of the molecule is C=CCNCC(=O)NCc1ccccc1. The Balaban J connectivity index is 2.20. The summed E-state index contributed by atoms with van der Waals surface area (Å²) in [5, 5.41) is 5.76. The molecule has 3 nitrogen and oxygen atoms in total. The first kappa shape index (κ1) is 11.5. The fraction of sp³-hybridized carbons (Fsp3) is 0.250. The van der Waals surface area contributed by atoms with E-state index in [4.69, 9.17) is 0 Å². The van der Waals surface area contributed by atoms with Crippen LogP contribution in [0.3, 0.4) is 0 Å². The molecule has 0 atom stereocenters. The molecule has 0 saturated heterocycles. The Hall–Kier alpha value is -1.61. The van der Waals surface area contributed by atoms with Crippen LogP contribution in [0.4, 0.5) is 0 Å². The van der Waals surface area contributed by atoms with E-state index in [1.54, 1.807) is 6.08 Å². The predicted molar refractivity (Wildman–Crippen MR) is 61.4 cm³/mol. The lowest BCUT2D eigenvalue weighted by Gasteiger charge is -2.05. The summed E-state index contributed by atoms with van der Waals surface area (Å²) in [6.45, 7) is 5.12. The molecule has 1 aromatic rings. The van der Waals surface area contributed by atoms with Gasteiger partial charge in [-0.15, -0.1) is 6.58 Å². The van der Waals surface area contributed by atoms with Gasteiger partial charge in [0.2, 0.25) is 5.91 Å². The van der Waals surface area contributed by atoms with Crippen LogP contribution < -0.4 is 10.6 Å². The van der Waals surface area contributed by atoms with E-state index in [-0.39, 0.29) is 5.91 Å². The maximum absolute atomic E-state index is 11.3. The molecule has 0 aliphatic carbocycles. The van der Waals surface area contributed by atoms with Gasteiger partial charge in [0, 0.05) is 13.1 Å². The zero-order valence-electron chi connectivity index (χ0n) is 8.70. The molecule has 0 heterocycles. The van der Waals surface area contributed by atoms with Crippen molar-refractivity contribution in [1.82, 2.24) is 10.6 Å². The van der Waals surface area contributed by atoms with Gasteiger partial charge in [-0.25, -0.2) is 0 Å². The summed E-state index contributed by atoms with van der Waals surface area (Å²) < 4.78 is 0. The summed E-state index contributed by atoms with van der Waals surface area (Å²) in [6.07, 6.45) is 1.73. The van der Waals surface area contributed by atoms with Gasteiger partial charge in [-0.1, -0.05) is 36.4 Å². The van der Waals surface area contributed by atoms with Gasteiger partial charge >= 0.3 is 0 Å². The van der Waals surface area contributed by atoms with Crippen molar-refractivity contribution in [3.05, 3.63) is 48.6 Å². The molecule has 1 rings (SSSR count). The highest BCUT2D eigenvalue weighted by Gasteiger charge is 1.98. The summed E-state index contributed by atoms with van der Waals surface area (Å²) in [4.78, 5) is 11.3. The normalized spacial score (nSPS) is 9.60. The summed E-state index contributed by atoms with van der Waals surface area (Å²) >= 11 is 0. The van der Waals surface area contributed by atoms with Crippen molar-refractivity contribution in [3.8, 4) is 0 Å². The van der Waals surface area contributed by atoms with E-state index in [1.807, 2.05) is 30.3 Å². The van der Waals surface area contributed by atoms with Crippen molar-refractivity contribution in [3.63, 3.8) is 0 Å². The fourth-order valence-corrected chi connectivity index (χ4v) is 1.15. The molecule has 80 valence electrons. The number of carbonyl (C=O) groups excluding carboxylic acids is 1. The Labute approximate surface area is 90.2 Å². The first-order valence-electron chi connectivity index (χ1n) is 4.95. The molecule has 3 heteroatoms. The fourth-order valence-electron chi connectivity index (χ4n) is 1.15. The lowest BCUT2D eigenvalue weighted by atomic mass is 10.2. The van der Waals surface area contributed by atoms with Gasteiger partial charge in [0.25, 0.3) is 0 Å². The molecule has 0 saturated carbocycles. The van der Waals surface area contributed by atoms with Gasteiger partial charge in [0.15, 0.2) is 0 Å². The van der Waals surface area contributed by atoms with Crippen LogP contribution in [0.25, 0.3) is 0 Å². The predicted octanol–water partition coefficient (Wildman–Crippen LogP) is 1.08. The average Bonchev–Trinajstić information content (AvgIpc) is 2.28. The Morgan fingerprint density at radius 1 is 1.33 bits per heavy atom. The lowest BCUT2D eigenvalue weighted by Crippen LogP contribution is -2.33. The zero-order valence-corrected chi connectivity index (χ0v) is 8.70. The van der Waals surface area contributed by atoms with Crippen molar-refractivity contribution in [2.45, 2.75) is 6.54 Å². The first-order chi connectivity index (χ1) is 7.33. The maximum Gasteiger partial charge on any atom is 0.234 e. The molecule has 0 bridgehead atoms. The lowest BCUT2D eigenvalue weighted by molar-refractivity contribution is -0.120. The highest BCUT2D eigenvalue weighted by Crippen LogP contribution is 1.96. The van der Waals surface area contributed by atoms with E-state index < -0.39 is 0 Å². The molecule has 2 N–H and O–H groups in total. The molecule has 1 amide bonds.